The van der Waals surface area contributed by atoms with E-state index in [2.05, 4.69) is 6.92 Å². The van der Waals surface area contributed by atoms with Gasteiger partial charge in [0, 0.05) is 10.9 Å². The van der Waals surface area contributed by atoms with Gasteiger partial charge in [-0.05, 0) is 30.9 Å². The second kappa shape index (κ2) is 5.00. The van der Waals surface area contributed by atoms with Crippen LogP contribution in [-0.4, -0.2) is 9.46 Å². The third-order valence-corrected chi connectivity index (χ3v) is 5.17. The highest BCUT2D eigenvalue weighted by Gasteiger charge is 2.25. The van der Waals surface area contributed by atoms with Crippen LogP contribution in [-0.2, 0) is 10.8 Å². The first kappa shape index (κ1) is 11.6. The zero-order valence-electron chi connectivity index (χ0n) is 9.69. The van der Waals surface area contributed by atoms with Crippen molar-refractivity contribution in [1.82, 2.24) is 0 Å². The molecule has 3 atom stereocenters. The second-order valence-corrected chi connectivity index (χ2v) is 6.43. The van der Waals surface area contributed by atoms with E-state index in [1.165, 1.54) is 12.8 Å². The minimum Gasteiger partial charge on any atom is -0.398 e. The fourth-order valence-corrected chi connectivity index (χ4v) is 4.17. The molecular formula is C13H19NOS. The molecule has 1 aromatic carbocycles. The van der Waals surface area contributed by atoms with E-state index in [9.17, 15) is 4.21 Å². The van der Waals surface area contributed by atoms with Gasteiger partial charge < -0.3 is 5.73 Å². The summed E-state index contributed by atoms with van der Waals surface area (Å²) in [7, 11) is -0.927. The highest BCUT2D eigenvalue weighted by molar-refractivity contribution is 7.85. The summed E-state index contributed by atoms with van der Waals surface area (Å²) in [4.78, 5) is 0.821. The molecule has 0 radical (unpaired) electrons. The zero-order chi connectivity index (χ0) is 11.5. The number of nitrogen functional groups attached to an aromatic ring is 1. The third-order valence-electron chi connectivity index (χ3n) is 3.33. The normalized spacial score (nSPS) is 27.6. The zero-order valence-corrected chi connectivity index (χ0v) is 10.5. The van der Waals surface area contributed by atoms with E-state index in [1.807, 2.05) is 24.3 Å². The molecule has 0 aliphatic heterocycles. The first-order chi connectivity index (χ1) is 7.68. The smallest absolute Gasteiger partial charge is 0.0620 e. The lowest BCUT2D eigenvalue weighted by Crippen LogP contribution is -2.23. The van der Waals surface area contributed by atoms with E-state index in [1.54, 1.807) is 0 Å². The summed E-state index contributed by atoms with van der Waals surface area (Å²) in [6, 6.07) is 7.53. The summed E-state index contributed by atoms with van der Waals surface area (Å²) >= 11 is 0. The van der Waals surface area contributed by atoms with Gasteiger partial charge in [0.2, 0.25) is 0 Å². The van der Waals surface area contributed by atoms with Crippen LogP contribution in [0.1, 0.15) is 32.6 Å². The van der Waals surface area contributed by atoms with Gasteiger partial charge in [-0.1, -0.05) is 31.9 Å². The van der Waals surface area contributed by atoms with Crippen molar-refractivity contribution in [3.63, 3.8) is 0 Å². The van der Waals surface area contributed by atoms with Gasteiger partial charge >= 0.3 is 0 Å². The van der Waals surface area contributed by atoms with Crippen LogP contribution in [0.3, 0.4) is 0 Å². The Balaban J connectivity index is 2.16. The highest BCUT2D eigenvalue weighted by Crippen LogP contribution is 2.31. The predicted octanol–water partition coefficient (Wildman–Crippen LogP) is 2.96. The van der Waals surface area contributed by atoms with E-state index < -0.39 is 10.8 Å². The molecule has 3 heteroatoms. The van der Waals surface area contributed by atoms with Gasteiger partial charge in [0.05, 0.1) is 15.7 Å². The minimum atomic E-state index is -0.927. The van der Waals surface area contributed by atoms with Crippen molar-refractivity contribution in [2.45, 2.75) is 42.8 Å². The fourth-order valence-electron chi connectivity index (χ4n) is 2.42. The molecule has 0 heterocycles. The van der Waals surface area contributed by atoms with Crippen LogP contribution in [0.15, 0.2) is 29.2 Å². The van der Waals surface area contributed by atoms with Gasteiger partial charge in [-0.25, -0.2) is 0 Å². The number of anilines is 1. The molecule has 1 fully saturated rings. The third kappa shape index (κ3) is 2.46. The van der Waals surface area contributed by atoms with Crippen molar-refractivity contribution in [2.24, 2.45) is 5.92 Å². The van der Waals surface area contributed by atoms with E-state index in [-0.39, 0.29) is 0 Å². The molecule has 1 aliphatic rings. The molecule has 88 valence electrons. The Morgan fingerprint density at radius 2 is 2.06 bits per heavy atom. The average molecular weight is 237 g/mol. The van der Waals surface area contributed by atoms with Gasteiger partial charge in [-0.15, -0.1) is 0 Å². The van der Waals surface area contributed by atoms with Gasteiger partial charge in [-0.3, -0.25) is 4.21 Å². The van der Waals surface area contributed by atoms with Crippen molar-refractivity contribution in [3.8, 4) is 0 Å². The maximum atomic E-state index is 12.4. The van der Waals surface area contributed by atoms with Crippen molar-refractivity contribution in [3.05, 3.63) is 24.3 Å². The van der Waals surface area contributed by atoms with Gasteiger partial charge in [0.25, 0.3) is 0 Å². The molecule has 1 aromatic rings. The maximum absolute atomic E-state index is 12.4. The molecule has 1 aliphatic carbocycles. The first-order valence-electron chi connectivity index (χ1n) is 5.93. The molecule has 3 unspecified atom stereocenters. The van der Waals surface area contributed by atoms with Crippen LogP contribution in [0, 0.1) is 5.92 Å². The number of rotatable bonds is 2. The van der Waals surface area contributed by atoms with Crippen LogP contribution in [0.4, 0.5) is 5.69 Å². The van der Waals surface area contributed by atoms with E-state index >= 15 is 0 Å². The molecule has 16 heavy (non-hydrogen) atoms. The van der Waals surface area contributed by atoms with Crippen LogP contribution < -0.4 is 5.73 Å². The molecule has 0 amide bonds. The minimum absolute atomic E-state index is 0.299. The first-order valence-corrected chi connectivity index (χ1v) is 7.15. The van der Waals surface area contributed by atoms with Crippen LogP contribution >= 0.6 is 0 Å². The molecule has 2 N–H and O–H groups in total. The van der Waals surface area contributed by atoms with Gasteiger partial charge in [-0.2, -0.15) is 0 Å². The average Bonchev–Trinajstić information content (AvgIpc) is 2.29. The Hall–Kier alpha value is -0.830. The van der Waals surface area contributed by atoms with Crippen molar-refractivity contribution in [2.75, 3.05) is 5.73 Å². The van der Waals surface area contributed by atoms with Crippen molar-refractivity contribution in [1.29, 1.82) is 0 Å². The number of hydrogen-bond acceptors (Lipinski definition) is 2. The topological polar surface area (TPSA) is 43.1 Å². The molecule has 2 rings (SSSR count). The van der Waals surface area contributed by atoms with E-state index in [4.69, 9.17) is 5.73 Å². The largest absolute Gasteiger partial charge is 0.398 e. The summed E-state index contributed by atoms with van der Waals surface area (Å²) in [5, 5.41) is 0.299. The standard InChI is InChI=1S/C13H19NOS/c1-10-5-4-6-11(9-10)16(15)13-8-3-2-7-12(13)14/h2-3,7-8,10-11H,4-6,9,14H2,1H3. The number of nitrogens with two attached hydrogens (primary N) is 1. The molecule has 0 spiro atoms. The molecular weight excluding hydrogens is 218 g/mol. The van der Waals surface area contributed by atoms with Crippen LogP contribution in [0.25, 0.3) is 0 Å². The highest BCUT2D eigenvalue weighted by atomic mass is 32.2. The van der Waals surface area contributed by atoms with E-state index in [0.29, 0.717) is 16.9 Å². The Labute approximate surface area is 99.7 Å². The van der Waals surface area contributed by atoms with Crippen molar-refractivity contribution < 1.29 is 4.21 Å². The number of benzene rings is 1. The van der Waals surface area contributed by atoms with Crippen LogP contribution in [0.2, 0.25) is 0 Å². The SMILES string of the molecule is CC1CCCC(S(=O)c2ccccc2N)C1. The molecule has 0 bridgehead atoms. The summed E-state index contributed by atoms with van der Waals surface area (Å²) < 4.78 is 12.4. The summed E-state index contributed by atoms with van der Waals surface area (Å²) in [6.07, 6.45) is 4.62. The van der Waals surface area contributed by atoms with E-state index in [0.717, 1.165) is 17.7 Å². The molecule has 0 saturated heterocycles. The van der Waals surface area contributed by atoms with Gasteiger partial charge in [0.15, 0.2) is 0 Å². The monoisotopic (exact) mass is 237 g/mol. The summed E-state index contributed by atoms with van der Waals surface area (Å²) in [5.41, 5.74) is 6.54. The Morgan fingerprint density at radius 3 is 2.75 bits per heavy atom. The summed E-state index contributed by atoms with van der Waals surface area (Å²) in [5.74, 6) is 0.702. The lowest BCUT2D eigenvalue weighted by Gasteiger charge is -2.26. The Morgan fingerprint density at radius 1 is 1.31 bits per heavy atom. The quantitative estimate of drug-likeness (QED) is 0.804. The van der Waals surface area contributed by atoms with Gasteiger partial charge in [0.1, 0.15) is 0 Å². The van der Waals surface area contributed by atoms with Crippen LogP contribution in [0.5, 0.6) is 0 Å². The lowest BCUT2D eigenvalue weighted by molar-refractivity contribution is 0.389. The second-order valence-electron chi connectivity index (χ2n) is 4.73. The molecule has 0 aromatic heterocycles. The predicted molar refractivity (Wildman–Crippen MR) is 68.7 cm³/mol. The number of para-hydroxylation sites is 1. The fraction of sp³-hybridized carbons (Fsp3) is 0.538. The van der Waals surface area contributed by atoms with Crippen molar-refractivity contribution >= 4 is 16.5 Å². The maximum Gasteiger partial charge on any atom is 0.0620 e. The Bertz CT molecular complexity index is 391. The molecule has 1 saturated carbocycles. The lowest BCUT2D eigenvalue weighted by atomic mass is 9.91. The Kier molecular flexibility index (Phi) is 3.64. The number of hydrogen-bond donors (Lipinski definition) is 1. The summed E-state index contributed by atoms with van der Waals surface area (Å²) in [6.45, 7) is 2.25. The molecule has 2 nitrogen and oxygen atoms in total.